The number of nitrogens with zero attached hydrogens (tertiary/aromatic N) is 1. The molecule has 2 amide bonds. The minimum absolute atomic E-state index is 0.00698. The Morgan fingerprint density at radius 1 is 1.30 bits per heavy atom. The average Bonchev–Trinajstić information content (AvgIpc) is 2.66. The lowest BCUT2D eigenvalue weighted by Crippen LogP contribution is -2.51. The smallest absolute Gasteiger partial charge is 0.227 e. The van der Waals surface area contributed by atoms with E-state index in [2.05, 4.69) is 24.4 Å². The number of amides is 2. The third-order valence-electron chi connectivity index (χ3n) is 5.52. The van der Waals surface area contributed by atoms with Crippen LogP contribution in [0.15, 0.2) is 30.4 Å². The van der Waals surface area contributed by atoms with E-state index >= 15 is 0 Å². The fourth-order valence-electron chi connectivity index (χ4n) is 4.03. The number of fused-ring (bicyclic) bond motifs is 1. The van der Waals surface area contributed by atoms with Crippen LogP contribution in [0.5, 0.6) is 0 Å². The lowest BCUT2D eigenvalue weighted by atomic mass is 9.71. The molecule has 4 nitrogen and oxygen atoms in total. The van der Waals surface area contributed by atoms with Gasteiger partial charge in [0, 0.05) is 19.6 Å². The SMILES string of the molecule is CCCCNC(=O)C1CC=CC2CCN(Cc3ccc(Cl)c(Cl)c3)C(=O)C21. The number of carbonyl (C=O) groups is 2. The van der Waals surface area contributed by atoms with Crippen LogP contribution in [-0.2, 0) is 16.1 Å². The van der Waals surface area contributed by atoms with Gasteiger partial charge in [0.1, 0.15) is 0 Å². The van der Waals surface area contributed by atoms with Crippen molar-refractivity contribution < 1.29 is 9.59 Å². The normalized spacial score (nSPS) is 24.6. The second-order valence-corrected chi connectivity index (χ2v) is 8.22. The summed E-state index contributed by atoms with van der Waals surface area (Å²) in [5, 5.41) is 4.01. The van der Waals surface area contributed by atoms with E-state index in [0.29, 0.717) is 36.1 Å². The summed E-state index contributed by atoms with van der Waals surface area (Å²) in [7, 11) is 0. The molecule has 1 aromatic carbocycles. The largest absolute Gasteiger partial charge is 0.356 e. The number of carbonyl (C=O) groups excluding carboxylic acids is 2. The Hall–Kier alpha value is -1.52. The van der Waals surface area contributed by atoms with Crippen LogP contribution in [0.25, 0.3) is 0 Å². The van der Waals surface area contributed by atoms with Gasteiger partial charge in [-0.05, 0) is 42.9 Å². The van der Waals surface area contributed by atoms with Crippen molar-refractivity contribution >= 4 is 35.0 Å². The molecule has 1 heterocycles. The van der Waals surface area contributed by atoms with E-state index in [1.807, 2.05) is 11.0 Å². The molecule has 27 heavy (non-hydrogen) atoms. The van der Waals surface area contributed by atoms with E-state index in [1.54, 1.807) is 12.1 Å². The van der Waals surface area contributed by atoms with Crippen molar-refractivity contribution in [3.05, 3.63) is 46.0 Å². The summed E-state index contributed by atoms with van der Waals surface area (Å²) in [5.41, 5.74) is 0.950. The number of halogens is 2. The molecule has 1 saturated heterocycles. The minimum atomic E-state index is -0.277. The van der Waals surface area contributed by atoms with E-state index in [9.17, 15) is 9.59 Å². The van der Waals surface area contributed by atoms with Gasteiger partial charge >= 0.3 is 0 Å². The van der Waals surface area contributed by atoms with Crippen molar-refractivity contribution in [1.82, 2.24) is 10.2 Å². The second kappa shape index (κ2) is 9.11. The molecule has 0 bridgehead atoms. The maximum atomic E-state index is 13.2. The quantitative estimate of drug-likeness (QED) is 0.558. The third kappa shape index (κ3) is 4.67. The van der Waals surface area contributed by atoms with Crippen molar-refractivity contribution in [3.63, 3.8) is 0 Å². The van der Waals surface area contributed by atoms with Gasteiger partial charge in [-0.25, -0.2) is 0 Å². The Kier molecular flexibility index (Phi) is 6.83. The average molecular weight is 409 g/mol. The number of nitrogens with one attached hydrogen (secondary N) is 1. The van der Waals surface area contributed by atoms with E-state index in [-0.39, 0.29) is 29.6 Å². The molecule has 1 aliphatic carbocycles. The summed E-state index contributed by atoms with van der Waals surface area (Å²) in [6, 6.07) is 5.45. The highest BCUT2D eigenvalue weighted by atomic mass is 35.5. The fraction of sp³-hybridized carbons (Fsp3) is 0.524. The summed E-state index contributed by atoms with van der Waals surface area (Å²) >= 11 is 12.1. The molecule has 0 aromatic heterocycles. The van der Waals surface area contributed by atoms with Crippen molar-refractivity contribution in [1.29, 1.82) is 0 Å². The van der Waals surface area contributed by atoms with Gasteiger partial charge in [-0.3, -0.25) is 9.59 Å². The molecule has 1 N–H and O–H groups in total. The van der Waals surface area contributed by atoms with Gasteiger partial charge in [0.15, 0.2) is 0 Å². The molecule has 6 heteroatoms. The van der Waals surface area contributed by atoms with Gasteiger partial charge in [-0.2, -0.15) is 0 Å². The molecule has 1 aliphatic heterocycles. The van der Waals surface area contributed by atoms with Crippen LogP contribution in [-0.4, -0.2) is 29.8 Å². The highest BCUT2D eigenvalue weighted by Gasteiger charge is 2.44. The van der Waals surface area contributed by atoms with Crippen molar-refractivity contribution in [2.45, 2.75) is 39.2 Å². The Balaban J connectivity index is 1.72. The predicted molar refractivity (Wildman–Crippen MR) is 109 cm³/mol. The zero-order chi connectivity index (χ0) is 19.4. The van der Waals surface area contributed by atoms with E-state index in [0.717, 1.165) is 24.8 Å². The molecule has 3 unspecified atom stereocenters. The number of likely N-dealkylation sites (tertiary alicyclic amines) is 1. The van der Waals surface area contributed by atoms with Crippen LogP contribution in [0.3, 0.4) is 0 Å². The molecular formula is C21H26Cl2N2O2. The molecule has 0 spiro atoms. The maximum Gasteiger partial charge on any atom is 0.227 e. The predicted octanol–water partition coefficient (Wildman–Crippen LogP) is 4.45. The van der Waals surface area contributed by atoms with Gasteiger partial charge in [-0.1, -0.05) is 54.8 Å². The van der Waals surface area contributed by atoms with Crippen LogP contribution in [0, 0.1) is 17.8 Å². The van der Waals surface area contributed by atoms with Crippen molar-refractivity contribution in [2.75, 3.05) is 13.1 Å². The Morgan fingerprint density at radius 3 is 2.85 bits per heavy atom. The molecule has 1 aromatic rings. The maximum absolute atomic E-state index is 13.2. The molecule has 3 atom stereocenters. The first-order valence-electron chi connectivity index (χ1n) is 9.68. The standard InChI is InChI=1S/C21H26Cl2N2O2/c1-2-3-10-24-20(26)16-6-4-5-15-9-11-25(21(27)19(15)16)13-14-7-8-17(22)18(23)12-14/h4-5,7-8,12,15-16,19H,2-3,6,9-11,13H2,1H3,(H,24,26). The Bertz CT molecular complexity index is 735. The van der Waals surface area contributed by atoms with Crippen LogP contribution in [0.4, 0.5) is 0 Å². The summed E-state index contributed by atoms with van der Waals surface area (Å²) in [6.45, 7) is 3.95. The zero-order valence-corrected chi connectivity index (χ0v) is 17.1. The summed E-state index contributed by atoms with van der Waals surface area (Å²) < 4.78 is 0. The number of rotatable bonds is 6. The molecule has 0 saturated carbocycles. The van der Waals surface area contributed by atoms with E-state index in [4.69, 9.17) is 23.2 Å². The van der Waals surface area contributed by atoms with E-state index in [1.165, 1.54) is 0 Å². The molecule has 146 valence electrons. The third-order valence-corrected chi connectivity index (χ3v) is 6.26. The highest BCUT2D eigenvalue weighted by Crippen LogP contribution is 2.38. The number of benzene rings is 1. The van der Waals surface area contributed by atoms with Gasteiger partial charge in [0.2, 0.25) is 11.8 Å². The van der Waals surface area contributed by atoms with Gasteiger partial charge in [0.25, 0.3) is 0 Å². The van der Waals surface area contributed by atoms with Crippen LogP contribution in [0.2, 0.25) is 10.0 Å². The van der Waals surface area contributed by atoms with Gasteiger partial charge < -0.3 is 10.2 Å². The molecular weight excluding hydrogens is 383 g/mol. The number of allylic oxidation sites excluding steroid dienone is 2. The number of hydrogen-bond acceptors (Lipinski definition) is 2. The topological polar surface area (TPSA) is 49.4 Å². The number of unbranched alkanes of at least 4 members (excludes halogenated alkanes) is 1. The lowest BCUT2D eigenvalue weighted by Gasteiger charge is -2.41. The molecule has 1 fully saturated rings. The number of hydrogen-bond donors (Lipinski definition) is 1. The minimum Gasteiger partial charge on any atom is -0.356 e. The number of piperidine rings is 1. The molecule has 0 radical (unpaired) electrons. The first kappa shape index (κ1) is 20.2. The Morgan fingerprint density at radius 2 is 2.11 bits per heavy atom. The monoisotopic (exact) mass is 408 g/mol. The molecule has 2 aliphatic rings. The first-order valence-corrected chi connectivity index (χ1v) is 10.4. The first-order chi connectivity index (χ1) is 13.0. The van der Waals surface area contributed by atoms with Crippen molar-refractivity contribution in [2.24, 2.45) is 17.8 Å². The van der Waals surface area contributed by atoms with Crippen molar-refractivity contribution in [3.8, 4) is 0 Å². The van der Waals surface area contributed by atoms with Crippen LogP contribution < -0.4 is 5.32 Å². The highest BCUT2D eigenvalue weighted by molar-refractivity contribution is 6.42. The van der Waals surface area contributed by atoms with Crippen LogP contribution >= 0.6 is 23.2 Å². The zero-order valence-electron chi connectivity index (χ0n) is 15.6. The Labute approximate surface area is 170 Å². The van der Waals surface area contributed by atoms with Crippen LogP contribution in [0.1, 0.15) is 38.2 Å². The van der Waals surface area contributed by atoms with E-state index < -0.39 is 0 Å². The van der Waals surface area contributed by atoms with Gasteiger partial charge in [0.05, 0.1) is 21.9 Å². The summed E-state index contributed by atoms with van der Waals surface area (Å²) in [4.78, 5) is 27.7. The second-order valence-electron chi connectivity index (χ2n) is 7.40. The summed E-state index contributed by atoms with van der Waals surface area (Å²) in [5.74, 6) is -0.322. The fourth-order valence-corrected chi connectivity index (χ4v) is 4.35. The summed E-state index contributed by atoms with van der Waals surface area (Å²) in [6.07, 6.45) is 7.69. The van der Waals surface area contributed by atoms with Gasteiger partial charge in [-0.15, -0.1) is 0 Å². The lowest BCUT2D eigenvalue weighted by molar-refractivity contribution is -0.148. The molecule has 3 rings (SSSR count).